The summed E-state index contributed by atoms with van der Waals surface area (Å²) in [5.74, 6) is 0. The summed E-state index contributed by atoms with van der Waals surface area (Å²) in [6.45, 7) is 0.809. The molecule has 0 fully saturated rings. The van der Waals surface area contributed by atoms with Crippen molar-refractivity contribution in [2.45, 2.75) is 17.5 Å². The van der Waals surface area contributed by atoms with Crippen molar-refractivity contribution in [3.05, 3.63) is 89.8 Å². The first-order valence-corrected chi connectivity index (χ1v) is 9.63. The minimum absolute atomic E-state index is 0.201. The Morgan fingerprint density at radius 3 is 2.52 bits per heavy atom. The molecule has 126 valence electrons. The van der Waals surface area contributed by atoms with Gasteiger partial charge in [0.2, 0.25) is 0 Å². The zero-order valence-electron chi connectivity index (χ0n) is 14.5. The minimum Gasteiger partial charge on any atom is -0.357 e. The molecule has 0 saturated heterocycles. The summed E-state index contributed by atoms with van der Waals surface area (Å²) >= 11 is 1.76. The van der Waals surface area contributed by atoms with Crippen molar-refractivity contribution >= 4 is 17.5 Å². The van der Waals surface area contributed by atoms with Crippen LogP contribution >= 0.6 is 11.8 Å². The molecule has 4 rings (SSSR count). The highest BCUT2D eigenvalue weighted by Gasteiger charge is 2.32. The SMILES string of the molecule is CSc1ccc(C2=NN(Cc3ccccc3)C3C=CN(C)C=C23)cc1. The highest BCUT2D eigenvalue weighted by molar-refractivity contribution is 7.98. The third-order valence-corrected chi connectivity index (χ3v) is 5.28. The van der Waals surface area contributed by atoms with Crippen LogP contribution in [0.4, 0.5) is 0 Å². The van der Waals surface area contributed by atoms with Gasteiger partial charge in [-0.3, -0.25) is 5.01 Å². The topological polar surface area (TPSA) is 18.8 Å². The molecule has 2 aliphatic rings. The lowest BCUT2D eigenvalue weighted by Crippen LogP contribution is -2.29. The summed E-state index contributed by atoms with van der Waals surface area (Å²) in [5, 5.41) is 7.17. The van der Waals surface area contributed by atoms with Crippen molar-refractivity contribution in [1.82, 2.24) is 9.91 Å². The van der Waals surface area contributed by atoms with Gasteiger partial charge in [-0.2, -0.15) is 5.10 Å². The van der Waals surface area contributed by atoms with Gasteiger partial charge in [0, 0.05) is 35.5 Å². The predicted octanol–water partition coefficient (Wildman–Crippen LogP) is 4.34. The van der Waals surface area contributed by atoms with Gasteiger partial charge < -0.3 is 4.90 Å². The van der Waals surface area contributed by atoms with E-state index in [0.717, 1.165) is 12.3 Å². The summed E-state index contributed by atoms with van der Waals surface area (Å²) in [6.07, 6.45) is 8.63. The molecule has 1 atom stereocenters. The zero-order valence-corrected chi connectivity index (χ0v) is 15.3. The molecule has 0 N–H and O–H groups in total. The molecule has 25 heavy (non-hydrogen) atoms. The summed E-state index contributed by atoms with van der Waals surface area (Å²) < 4.78 is 0. The smallest absolute Gasteiger partial charge is 0.0975 e. The molecular formula is C21H21N3S. The van der Waals surface area contributed by atoms with Crippen LogP contribution in [0, 0.1) is 0 Å². The van der Waals surface area contributed by atoms with Crippen molar-refractivity contribution in [3.63, 3.8) is 0 Å². The van der Waals surface area contributed by atoms with Crippen molar-refractivity contribution in [1.29, 1.82) is 0 Å². The fourth-order valence-electron chi connectivity index (χ4n) is 3.25. The third-order valence-electron chi connectivity index (χ3n) is 4.54. The van der Waals surface area contributed by atoms with Crippen LogP contribution in [0.25, 0.3) is 0 Å². The maximum Gasteiger partial charge on any atom is 0.0975 e. The molecule has 1 unspecified atom stereocenters. The number of hydrogen-bond acceptors (Lipinski definition) is 4. The fraction of sp³-hybridized carbons (Fsp3) is 0.190. The van der Waals surface area contributed by atoms with Gasteiger partial charge in [0.1, 0.15) is 0 Å². The third kappa shape index (κ3) is 3.22. The number of rotatable bonds is 4. The second-order valence-electron chi connectivity index (χ2n) is 6.30. The van der Waals surface area contributed by atoms with E-state index in [1.807, 2.05) is 0 Å². The fourth-order valence-corrected chi connectivity index (χ4v) is 3.65. The van der Waals surface area contributed by atoms with E-state index < -0.39 is 0 Å². The van der Waals surface area contributed by atoms with E-state index in [9.17, 15) is 0 Å². The van der Waals surface area contributed by atoms with E-state index in [2.05, 4.69) is 96.3 Å². The monoisotopic (exact) mass is 347 g/mol. The van der Waals surface area contributed by atoms with Crippen LogP contribution in [0.15, 0.2) is 88.6 Å². The molecule has 0 bridgehead atoms. The van der Waals surface area contributed by atoms with Gasteiger partial charge in [-0.1, -0.05) is 42.5 Å². The number of hydrazone groups is 1. The molecule has 2 aromatic rings. The van der Waals surface area contributed by atoms with Crippen LogP contribution in [0.1, 0.15) is 11.1 Å². The Morgan fingerprint density at radius 2 is 1.80 bits per heavy atom. The molecule has 4 heteroatoms. The van der Waals surface area contributed by atoms with Gasteiger partial charge in [0.05, 0.1) is 18.3 Å². The van der Waals surface area contributed by atoms with Crippen LogP contribution in [-0.4, -0.2) is 35.0 Å². The quantitative estimate of drug-likeness (QED) is 0.767. The van der Waals surface area contributed by atoms with E-state index in [4.69, 9.17) is 5.10 Å². The van der Waals surface area contributed by atoms with Crippen LogP contribution in [0.3, 0.4) is 0 Å². The van der Waals surface area contributed by atoms with Gasteiger partial charge in [-0.05, 0) is 30.0 Å². The second-order valence-corrected chi connectivity index (χ2v) is 7.18. The first-order chi connectivity index (χ1) is 12.2. The number of fused-ring (bicyclic) bond motifs is 1. The lowest BCUT2D eigenvalue weighted by Gasteiger charge is -2.26. The first-order valence-electron chi connectivity index (χ1n) is 8.40. The minimum atomic E-state index is 0.201. The van der Waals surface area contributed by atoms with Crippen LogP contribution in [-0.2, 0) is 6.54 Å². The average Bonchev–Trinajstić information content (AvgIpc) is 3.00. The highest BCUT2D eigenvalue weighted by atomic mass is 32.2. The largest absolute Gasteiger partial charge is 0.357 e. The normalized spacial score (nSPS) is 18.9. The van der Waals surface area contributed by atoms with E-state index in [0.29, 0.717) is 0 Å². The van der Waals surface area contributed by atoms with Crippen LogP contribution in [0.2, 0.25) is 0 Å². The van der Waals surface area contributed by atoms with Gasteiger partial charge in [-0.25, -0.2) is 0 Å². The molecule has 2 aromatic carbocycles. The lowest BCUT2D eigenvalue weighted by atomic mass is 9.96. The zero-order chi connectivity index (χ0) is 17.2. The van der Waals surface area contributed by atoms with Crippen molar-refractivity contribution < 1.29 is 0 Å². The molecule has 0 radical (unpaired) electrons. The maximum atomic E-state index is 4.99. The Balaban J connectivity index is 1.69. The van der Waals surface area contributed by atoms with Gasteiger partial charge >= 0.3 is 0 Å². The molecule has 3 nitrogen and oxygen atoms in total. The van der Waals surface area contributed by atoms with E-state index in [-0.39, 0.29) is 6.04 Å². The van der Waals surface area contributed by atoms with Crippen molar-refractivity contribution in [3.8, 4) is 0 Å². The van der Waals surface area contributed by atoms with Crippen molar-refractivity contribution in [2.75, 3.05) is 13.3 Å². The summed E-state index contributed by atoms with van der Waals surface area (Å²) in [6, 6.07) is 19.4. The number of nitrogens with zero attached hydrogens (tertiary/aromatic N) is 3. The molecule has 0 aliphatic carbocycles. The Labute approximate surface area is 153 Å². The van der Waals surface area contributed by atoms with Crippen LogP contribution in [0.5, 0.6) is 0 Å². The second kappa shape index (κ2) is 6.81. The number of hydrogen-bond donors (Lipinski definition) is 0. The van der Waals surface area contributed by atoms with Gasteiger partial charge in [-0.15, -0.1) is 11.8 Å². The van der Waals surface area contributed by atoms with Crippen LogP contribution < -0.4 is 0 Å². The molecule has 2 aliphatic heterocycles. The molecule has 0 saturated carbocycles. The summed E-state index contributed by atoms with van der Waals surface area (Å²) in [5.41, 5.74) is 4.79. The first kappa shape index (κ1) is 16.0. The standard InChI is InChI=1S/C21H21N3S/c1-23-13-12-20-19(15-23)21(17-8-10-18(25-2)11-9-17)22-24(20)14-16-6-4-3-5-7-16/h3-13,15,20H,14H2,1-2H3. The summed E-state index contributed by atoms with van der Waals surface area (Å²) in [7, 11) is 2.06. The molecule has 0 aromatic heterocycles. The molecule has 2 heterocycles. The lowest BCUT2D eigenvalue weighted by molar-refractivity contribution is 0.270. The molecule has 0 amide bonds. The van der Waals surface area contributed by atoms with E-state index >= 15 is 0 Å². The number of thioether (sulfide) groups is 1. The predicted molar refractivity (Wildman–Crippen MR) is 106 cm³/mol. The van der Waals surface area contributed by atoms with Gasteiger partial charge in [0.15, 0.2) is 0 Å². The molecular weight excluding hydrogens is 326 g/mol. The Morgan fingerprint density at radius 1 is 1.04 bits per heavy atom. The van der Waals surface area contributed by atoms with Crippen molar-refractivity contribution in [2.24, 2.45) is 5.10 Å². The van der Waals surface area contributed by atoms with E-state index in [1.54, 1.807) is 11.8 Å². The highest BCUT2D eigenvalue weighted by Crippen LogP contribution is 2.31. The molecule has 0 spiro atoms. The Bertz CT molecular complexity index is 837. The summed E-state index contributed by atoms with van der Waals surface area (Å²) in [4.78, 5) is 3.37. The van der Waals surface area contributed by atoms with Gasteiger partial charge in [0.25, 0.3) is 0 Å². The Hall–Kier alpha value is -2.46. The average molecular weight is 347 g/mol. The number of benzene rings is 2. The Kier molecular flexibility index (Phi) is 4.36. The maximum absolute atomic E-state index is 4.99. The van der Waals surface area contributed by atoms with E-state index in [1.165, 1.54) is 21.6 Å².